The van der Waals surface area contributed by atoms with Gasteiger partial charge in [-0.1, -0.05) is 20.3 Å². The molecule has 1 heterocycles. The number of halogens is 3. The Morgan fingerprint density at radius 1 is 1.21 bits per heavy atom. The van der Waals surface area contributed by atoms with Gasteiger partial charge in [0.2, 0.25) is 0 Å². The van der Waals surface area contributed by atoms with E-state index in [-0.39, 0.29) is 0 Å². The van der Waals surface area contributed by atoms with Gasteiger partial charge in [-0.15, -0.1) is 0 Å². The third-order valence-electron chi connectivity index (χ3n) is 3.86. The largest absolute Gasteiger partial charge is 0.433 e. The Kier molecular flexibility index (Phi) is 4.02. The first-order valence-electron chi connectivity index (χ1n) is 6.66. The van der Waals surface area contributed by atoms with Crippen molar-refractivity contribution >= 4 is 5.69 Å². The van der Waals surface area contributed by atoms with Gasteiger partial charge in [-0.3, -0.25) is 0 Å². The Hall–Kier alpha value is -1.26. The highest BCUT2D eigenvalue weighted by molar-refractivity contribution is 5.42. The fourth-order valence-electron chi connectivity index (χ4n) is 2.59. The third kappa shape index (κ3) is 3.61. The predicted octanol–water partition coefficient (Wildman–Crippen LogP) is 4.34. The Labute approximate surface area is 111 Å². The van der Waals surface area contributed by atoms with Crippen LogP contribution in [0.5, 0.6) is 0 Å². The second kappa shape index (κ2) is 5.39. The highest BCUT2D eigenvalue weighted by Gasteiger charge is 2.32. The molecule has 3 unspecified atom stereocenters. The minimum atomic E-state index is -4.37. The predicted molar refractivity (Wildman–Crippen MR) is 68.8 cm³/mol. The summed E-state index contributed by atoms with van der Waals surface area (Å²) in [5.41, 5.74) is -0.179. The molecule has 1 saturated carbocycles. The lowest BCUT2D eigenvalue weighted by Gasteiger charge is -2.33. The van der Waals surface area contributed by atoms with Crippen molar-refractivity contribution in [2.24, 2.45) is 11.8 Å². The first-order valence-corrected chi connectivity index (χ1v) is 6.66. The fraction of sp³-hybridized carbons (Fsp3) is 0.643. The molecule has 1 aliphatic carbocycles. The number of anilines is 1. The minimum absolute atomic E-state index is 0.322. The van der Waals surface area contributed by atoms with Crippen molar-refractivity contribution in [1.82, 2.24) is 4.98 Å². The Balaban J connectivity index is 2.03. The van der Waals surface area contributed by atoms with Crippen LogP contribution >= 0.6 is 0 Å². The summed E-state index contributed by atoms with van der Waals surface area (Å²) in [4.78, 5) is 3.47. The summed E-state index contributed by atoms with van der Waals surface area (Å²) in [6, 6.07) is 2.81. The number of hydrogen-bond acceptors (Lipinski definition) is 2. The number of nitrogens with one attached hydrogen (secondary N) is 1. The molecule has 0 radical (unpaired) electrons. The number of rotatable bonds is 2. The van der Waals surface area contributed by atoms with Crippen molar-refractivity contribution in [3.8, 4) is 0 Å². The van der Waals surface area contributed by atoms with E-state index in [4.69, 9.17) is 0 Å². The van der Waals surface area contributed by atoms with Crippen molar-refractivity contribution in [2.45, 2.75) is 45.3 Å². The van der Waals surface area contributed by atoms with E-state index < -0.39 is 11.9 Å². The van der Waals surface area contributed by atoms with E-state index in [1.807, 2.05) is 0 Å². The van der Waals surface area contributed by atoms with E-state index in [1.54, 1.807) is 0 Å². The molecule has 1 aromatic rings. The fourth-order valence-corrected chi connectivity index (χ4v) is 2.59. The Morgan fingerprint density at radius 3 is 2.53 bits per heavy atom. The van der Waals surface area contributed by atoms with Gasteiger partial charge in [0.15, 0.2) is 0 Å². The van der Waals surface area contributed by atoms with Gasteiger partial charge in [0, 0.05) is 6.04 Å². The van der Waals surface area contributed by atoms with E-state index >= 15 is 0 Å². The zero-order valence-electron chi connectivity index (χ0n) is 11.2. The molecule has 2 nitrogen and oxygen atoms in total. The van der Waals surface area contributed by atoms with Crippen LogP contribution in [0, 0.1) is 11.8 Å². The Bertz CT molecular complexity index is 414. The molecule has 19 heavy (non-hydrogen) atoms. The van der Waals surface area contributed by atoms with Crippen LogP contribution in [0.1, 0.15) is 38.8 Å². The van der Waals surface area contributed by atoms with Gasteiger partial charge < -0.3 is 5.32 Å². The second-order valence-corrected chi connectivity index (χ2v) is 5.58. The van der Waals surface area contributed by atoms with Gasteiger partial charge >= 0.3 is 6.18 Å². The van der Waals surface area contributed by atoms with Crippen molar-refractivity contribution in [1.29, 1.82) is 0 Å². The average molecular weight is 272 g/mol. The molecule has 0 saturated heterocycles. The van der Waals surface area contributed by atoms with E-state index in [0.717, 1.165) is 18.9 Å². The number of aromatic nitrogens is 1. The van der Waals surface area contributed by atoms with Crippen LogP contribution in [0.4, 0.5) is 18.9 Å². The van der Waals surface area contributed by atoms with Gasteiger partial charge in [0.25, 0.3) is 0 Å². The maximum Gasteiger partial charge on any atom is 0.433 e. The van der Waals surface area contributed by atoms with Gasteiger partial charge in [-0.25, -0.2) is 4.98 Å². The lowest BCUT2D eigenvalue weighted by molar-refractivity contribution is -0.141. The molecule has 3 atom stereocenters. The molecule has 1 N–H and O–H groups in total. The number of hydrogen-bond donors (Lipinski definition) is 1. The standard InChI is InChI=1S/C14H19F3N2/c1-9-3-4-10(2)12(7-9)19-11-5-6-13(18-8-11)14(15,16)17/h5-6,8-10,12,19H,3-4,7H2,1-2H3. The molecular weight excluding hydrogens is 253 g/mol. The molecule has 1 aromatic heterocycles. The van der Waals surface area contributed by atoms with Crippen LogP contribution in [0.2, 0.25) is 0 Å². The normalized spacial score (nSPS) is 28.2. The van der Waals surface area contributed by atoms with Gasteiger partial charge in [0.05, 0.1) is 11.9 Å². The van der Waals surface area contributed by atoms with Crippen LogP contribution in [0.25, 0.3) is 0 Å². The molecule has 2 rings (SSSR count). The lowest BCUT2D eigenvalue weighted by Crippen LogP contribution is -2.33. The summed E-state index contributed by atoms with van der Waals surface area (Å²) >= 11 is 0. The van der Waals surface area contributed by atoms with Crippen molar-refractivity contribution in [3.05, 3.63) is 24.0 Å². The quantitative estimate of drug-likeness (QED) is 0.866. The van der Waals surface area contributed by atoms with Crippen molar-refractivity contribution < 1.29 is 13.2 Å². The summed E-state index contributed by atoms with van der Waals surface area (Å²) < 4.78 is 37.2. The summed E-state index contributed by atoms with van der Waals surface area (Å²) in [6.45, 7) is 4.40. The molecule has 0 aliphatic heterocycles. The van der Waals surface area contributed by atoms with Gasteiger partial charge in [0.1, 0.15) is 5.69 Å². The van der Waals surface area contributed by atoms with Crippen LogP contribution in [0.3, 0.4) is 0 Å². The summed E-state index contributed by atoms with van der Waals surface area (Å²) in [7, 11) is 0. The minimum Gasteiger partial charge on any atom is -0.381 e. The third-order valence-corrected chi connectivity index (χ3v) is 3.86. The van der Waals surface area contributed by atoms with E-state index in [2.05, 4.69) is 24.1 Å². The number of pyridine rings is 1. The van der Waals surface area contributed by atoms with Crippen LogP contribution in [-0.4, -0.2) is 11.0 Å². The summed E-state index contributed by atoms with van der Waals surface area (Å²) in [5, 5.41) is 3.31. The number of nitrogens with zero attached hydrogens (tertiary/aromatic N) is 1. The monoisotopic (exact) mass is 272 g/mol. The zero-order chi connectivity index (χ0) is 14.0. The first-order chi connectivity index (χ1) is 8.86. The van der Waals surface area contributed by atoms with E-state index in [9.17, 15) is 13.2 Å². The zero-order valence-corrected chi connectivity index (χ0v) is 11.2. The average Bonchev–Trinajstić information content (AvgIpc) is 2.33. The second-order valence-electron chi connectivity index (χ2n) is 5.58. The van der Waals surface area contributed by atoms with E-state index in [0.29, 0.717) is 23.6 Å². The smallest absolute Gasteiger partial charge is 0.381 e. The van der Waals surface area contributed by atoms with E-state index in [1.165, 1.54) is 18.7 Å². The van der Waals surface area contributed by atoms with Crippen LogP contribution in [0.15, 0.2) is 18.3 Å². The molecule has 0 spiro atoms. The molecule has 0 aromatic carbocycles. The first kappa shape index (κ1) is 14.2. The SMILES string of the molecule is CC1CCC(C)C(Nc2ccc(C(F)(F)F)nc2)C1. The topological polar surface area (TPSA) is 24.9 Å². The maximum atomic E-state index is 12.4. The highest BCUT2D eigenvalue weighted by Crippen LogP contribution is 2.31. The molecule has 1 fully saturated rings. The van der Waals surface area contributed by atoms with Crippen LogP contribution in [-0.2, 0) is 6.18 Å². The molecule has 106 valence electrons. The van der Waals surface area contributed by atoms with Crippen molar-refractivity contribution in [2.75, 3.05) is 5.32 Å². The Morgan fingerprint density at radius 2 is 1.95 bits per heavy atom. The molecular formula is C14H19F3N2. The summed E-state index contributed by atoms with van der Waals surface area (Å²) in [6.07, 6.45) is 0.347. The molecule has 0 amide bonds. The highest BCUT2D eigenvalue weighted by atomic mass is 19.4. The lowest BCUT2D eigenvalue weighted by atomic mass is 9.80. The van der Waals surface area contributed by atoms with Gasteiger partial charge in [-0.05, 0) is 36.8 Å². The van der Waals surface area contributed by atoms with Gasteiger partial charge in [-0.2, -0.15) is 13.2 Å². The van der Waals surface area contributed by atoms with Crippen molar-refractivity contribution in [3.63, 3.8) is 0 Å². The molecule has 0 bridgehead atoms. The maximum absolute atomic E-state index is 12.4. The number of alkyl halides is 3. The molecule has 1 aliphatic rings. The molecule has 5 heteroatoms. The summed E-state index contributed by atoms with van der Waals surface area (Å²) in [5.74, 6) is 1.20. The van der Waals surface area contributed by atoms with Crippen LogP contribution < -0.4 is 5.32 Å².